The van der Waals surface area contributed by atoms with Gasteiger partial charge in [-0.1, -0.05) is 140 Å². The fourth-order valence-corrected chi connectivity index (χ4v) is 20.5. The Labute approximate surface area is 597 Å². The van der Waals surface area contributed by atoms with Gasteiger partial charge in [-0.05, 0) is 215 Å². The summed E-state index contributed by atoms with van der Waals surface area (Å²) in [6, 6.07) is 31.3. The molecule has 0 aliphatic heterocycles. The molecule has 0 saturated heterocycles. The Morgan fingerprint density at radius 2 is 0.695 bits per heavy atom. The standard InChI is InChI=1S/2C27H32NO5Si.2C12H27P.Pt/c2*1-5-23-10-12-24(13-11-23)14-15-25-16-18-26(19-17-25)22-30-27(29)28-20-9-21-34(31-6-2,32-7-3)33-8-4;2*1-4-7-10-13(11-8-5-2)12-9-6-3;/h2*10-13,16-19H,6-9,20-22H2,2-4H3,(H,28,29);2*4-12H2,1-3H3;/p+2. The maximum absolute atomic E-state index is 12.0. The molecule has 0 atom stereocenters. The van der Waals surface area contributed by atoms with Crippen LogP contribution in [0.4, 0.5) is 4.79 Å². The van der Waals surface area contributed by atoms with Crippen molar-refractivity contribution >= 4 is 45.6 Å². The van der Waals surface area contributed by atoms with Crippen molar-refractivity contribution in [1.82, 2.24) is 5.32 Å². The first kappa shape index (κ1) is 90.4. The Kier molecular flexibility index (Phi) is 57.6. The van der Waals surface area contributed by atoms with Gasteiger partial charge < -0.3 is 41.7 Å². The van der Waals surface area contributed by atoms with E-state index in [9.17, 15) is 4.79 Å². The van der Waals surface area contributed by atoms with E-state index in [0.717, 1.165) is 50.9 Å². The van der Waals surface area contributed by atoms with E-state index in [1.54, 1.807) is 49.1 Å². The maximum Gasteiger partial charge on any atom is 0.719 e. The minimum Gasteiger partial charge on any atom is -0.515 e. The van der Waals surface area contributed by atoms with Crippen molar-refractivity contribution in [2.24, 2.45) is 0 Å². The quantitative estimate of drug-likeness (QED) is 0.00844. The van der Waals surface area contributed by atoms with Gasteiger partial charge in [-0.2, -0.15) is 0 Å². The van der Waals surface area contributed by atoms with Crippen molar-refractivity contribution < 1.29 is 72.0 Å². The number of hydrogen-bond donors (Lipinski definition) is 2. The second-order valence-corrected chi connectivity index (χ2v) is 33.2. The number of amides is 1. The zero-order chi connectivity index (χ0) is 69.2. The molecule has 0 unspecified atom stereocenters. The number of carbonyl (C=O) groups excluding carboxylic acids is 1. The minimum absolute atomic E-state index is 0. The van der Waals surface area contributed by atoms with Crippen molar-refractivity contribution in [2.75, 3.05) is 89.7 Å². The van der Waals surface area contributed by atoms with Crippen LogP contribution in [-0.4, -0.2) is 125 Å². The summed E-state index contributed by atoms with van der Waals surface area (Å²) >= 11 is 0. The molecular formula is C78H120N2O10P2PtSi2+2. The van der Waals surface area contributed by atoms with Gasteiger partial charge >= 0.3 is 29.8 Å². The molecule has 1 amide bonds. The first-order valence-electron chi connectivity index (χ1n) is 35.2. The summed E-state index contributed by atoms with van der Waals surface area (Å²) in [4.78, 5) is 15.0. The summed E-state index contributed by atoms with van der Waals surface area (Å²) in [5, 5.41) is 10.8. The van der Waals surface area contributed by atoms with Crippen molar-refractivity contribution in [3.63, 3.8) is 0 Å². The zero-order valence-electron chi connectivity index (χ0n) is 60.2. The van der Waals surface area contributed by atoms with E-state index >= 15 is 0 Å². The average molecular weight is 1560 g/mol. The van der Waals surface area contributed by atoms with Crippen LogP contribution in [0.1, 0.15) is 217 Å². The van der Waals surface area contributed by atoms with Crippen molar-refractivity contribution in [2.45, 2.75) is 198 Å². The summed E-state index contributed by atoms with van der Waals surface area (Å²) in [6.07, 6.45) is 41.6. The van der Waals surface area contributed by atoms with Crippen LogP contribution in [0.25, 0.3) is 0 Å². The number of carbonyl (C=O) groups is 1. The largest absolute Gasteiger partial charge is 0.719 e. The van der Waals surface area contributed by atoms with Gasteiger partial charge in [0.1, 0.15) is 6.61 Å². The number of alkyl carbamates (subject to hydrolysis) is 1. The normalized spacial score (nSPS) is 10.9. The van der Waals surface area contributed by atoms with Crippen LogP contribution >= 0.6 is 15.8 Å². The fourth-order valence-electron chi connectivity index (χ4n) is 9.30. The molecule has 95 heavy (non-hydrogen) atoms. The van der Waals surface area contributed by atoms with Crippen LogP contribution in [0, 0.1) is 48.4 Å². The third-order valence-corrected chi connectivity index (χ3v) is 26.4. The summed E-state index contributed by atoms with van der Waals surface area (Å²) in [5.74, 6) is 17.1. The SMILES string of the molecule is CCCCP(CCCC)CCCC.CCCCP(CCCC)CCCC.[C]#Cc1ccc(C#Cc2ccc(COC(=O)NCCC[Si](OCC)(OCC)OCC)cc2)cc1.[C]#Cc1ccc(C#Cc2ccc(COC([OH2+])=[NH+]CCC[Si](OCC)(OCC)OCC)cc2)cc1.[Pt]. The van der Waals surface area contributed by atoms with Crippen molar-refractivity contribution in [3.8, 4) is 35.5 Å². The fraction of sp³-hybridized carbons (Fsp3) is 0.564. The zero-order valence-corrected chi connectivity index (χ0v) is 66.3. The third kappa shape index (κ3) is 44.8. The summed E-state index contributed by atoms with van der Waals surface area (Å²) in [5.41, 5.74) is 6.79. The molecule has 4 rings (SSSR count). The van der Waals surface area contributed by atoms with Crippen molar-refractivity contribution in [3.05, 3.63) is 154 Å². The van der Waals surface area contributed by atoms with Gasteiger partial charge in [0.25, 0.3) is 0 Å². The number of rotatable bonds is 42. The van der Waals surface area contributed by atoms with Crippen LogP contribution in [0.3, 0.4) is 0 Å². The van der Waals surface area contributed by atoms with E-state index in [4.69, 9.17) is 54.0 Å². The molecule has 12 nitrogen and oxygen atoms in total. The van der Waals surface area contributed by atoms with E-state index in [1.807, 2.05) is 126 Å². The van der Waals surface area contributed by atoms with Gasteiger partial charge in [-0.15, -0.1) is 20.8 Å². The molecule has 0 saturated carbocycles. The maximum atomic E-state index is 12.0. The van der Waals surface area contributed by atoms with Gasteiger partial charge in [0.05, 0.1) is 0 Å². The molecule has 0 fully saturated rings. The molecule has 17 heteroatoms. The van der Waals surface area contributed by atoms with Crippen LogP contribution < -0.4 is 10.3 Å². The molecule has 0 heterocycles. The van der Waals surface area contributed by atoms with Crippen LogP contribution in [0.15, 0.2) is 97.1 Å². The summed E-state index contributed by atoms with van der Waals surface area (Å²) < 4.78 is 45.8. The Hall–Kier alpha value is -4.60. The molecule has 0 aliphatic carbocycles. The van der Waals surface area contributed by atoms with Crippen LogP contribution in [0.5, 0.6) is 0 Å². The predicted molar refractivity (Wildman–Crippen MR) is 400 cm³/mol. The summed E-state index contributed by atoms with van der Waals surface area (Å²) in [6.45, 7) is 30.2. The monoisotopic (exact) mass is 1560 g/mol. The van der Waals surface area contributed by atoms with Crippen LogP contribution in [0.2, 0.25) is 12.1 Å². The smallest absolute Gasteiger partial charge is 0.515 e. The second kappa shape index (κ2) is 60.6. The van der Waals surface area contributed by atoms with Gasteiger partial charge in [-0.3, -0.25) is 4.74 Å². The third-order valence-electron chi connectivity index (χ3n) is 14.4. The van der Waals surface area contributed by atoms with E-state index in [0.29, 0.717) is 93.7 Å². The number of ether oxygens (including phenoxy) is 2. The first-order valence-corrected chi connectivity index (χ1v) is 42.8. The predicted octanol–water partition coefficient (Wildman–Crippen LogP) is 16.6. The first-order chi connectivity index (χ1) is 45.8. The number of nitrogens with one attached hydrogen (secondary N) is 2. The average Bonchev–Trinajstić information content (AvgIpc) is 1.60. The molecule has 0 bridgehead atoms. The van der Waals surface area contributed by atoms with Gasteiger partial charge in [-0.25, -0.2) is 4.79 Å². The molecule has 0 spiro atoms. The molecule has 0 aliphatic rings. The van der Waals surface area contributed by atoms with Crippen molar-refractivity contribution in [1.29, 1.82) is 0 Å². The Morgan fingerprint density at radius 1 is 0.421 bits per heavy atom. The molecular weight excluding hydrogens is 1440 g/mol. The molecule has 2 radical (unpaired) electrons. The van der Waals surface area contributed by atoms with Gasteiger partial charge in [0.2, 0.25) is 6.61 Å². The number of unbranched alkanes of at least 4 members (excludes halogenated alkanes) is 6. The molecule has 0 aromatic heterocycles. The van der Waals surface area contributed by atoms with Crippen LogP contribution in [-0.2, 0) is 70.3 Å². The van der Waals surface area contributed by atoms with E-state index < -0.39 is 23.7 Å². The number of benzene rings is 4. The minimum atomic E-state index is -2.69. The van der Waals surface area contributed by atoms with Gasteiger partial charge in [0, 0.05) is 125 Å². The second-order valence-electron chi connectivity index (χ2n) is 22.3. The Balaban J connectivity index is 0.00000135. The molecule has 4 N–H and O–H groups in total. The molecule has 4 aromatic carbocycles. The summed E-state index contributed by atoms with van der Waals surface area (Å²) in [7, 11) is -4.50. The Bertz CT molecular complexity index is 2680. The van der Waals surface area contributed by atoms with E-state index in [-0.39, 0.29) is 33.8 Å². The molecule has 4 aromatic rings. The Morgan fingerprint density at radius 3 is 0.979 bits per heavy atom. The number of hydrogen-bond acceptors (Lipinski definition) is 9. The molecule has 528 valence electrons. The van der Waals surface area contributed by atoms with E-state index in [1.165, 1.54) is 77.0 Å². The van der Waals surface area contributed by atoms with Gasteiger partial charge in [0.15, 0.2) is 6.54 Å². The topological polar surface area (TPSA) is 140 Å². The van der Waals surface area contributed by atoms with E-state index in [2.05, 4.69) is 87.4 Å².